The second-order valence-corrected chi connectivity index (χ2v) is 6.95. The van der Waals surface area contributed by atoms with Crippen LogP contribution in [0.15, 0.2) is 53.1 Å². The molecule has 7 nitrogen and oxygen atoms in total. The van der Waals surface area contributed by atoms with Crippen LogP contribution < -0.4 is 5.32 Å². The topological polar surface area (TPSA) is 72.5 Å². The number of nitrogens with one attached hydrogen (secondary N) is 1. The maximum atomic E-state index is 13.0. The zero-order chi connectivity index (χ0) is 20.6. The molecule has 0 saturated carbocycles. The highest BCUT2D eigenvalue weighted by Crippen LogP contribution is 2.14. The molecule has 154 valence electrons. The predicted molar refractivity (Wildman–Crippen MR) is 110 cm³/mol. The van der Waals surface area contributed by atoms with Gasteiger partial charge in [0.15, 0.2) is 0 Å². The summed E-state index contributed by atoms with van der Waals surface area (Å²) >= 11 is 0. The van der Waals surface area contributed by atoms with Crippen LogP contribution in [0, 0.1) is 13.8 Å². The summed E-state index contributed by atoms with van der Waals surface area (Å²) in [6.07, 6.45) is 1.62. The van der Waals surface area contributed by atoms with Gasteiger partial charge in [0.1, 0.15) is 5.76 Å². The summed E-state index contributed by atoms with van der Waals surface area (Å²) in [4.78, 5) is 14.7. The number of aromatic nitrogens is 2. The molecular weight excluding hydrogens is 368 g/mol. The molecule has 0 bridgehead atoms. The van der Waals surface area contributed by atoms with E-state index < -0.39 is 0 Å². The van der Waals surface area contributed by atoms with Crippen LogP contribution >= 0.6 is 0 Å². The normalized spacial score (nSPS) is 10.9. The van der Waals surface area contributed by atoms with Gasteiger partial charge in [0, 0.05) is 31.5 Å². The molecule has 0 aliphatic heterocycles. The largest absolute Gasteiger partial charge is 0.467 e. The van der Waals surface area contributed by atoms with Crippen LogP contribution in [0.3, 0.4) is 0 Å². The number of aryl methyl sites for hydroxylation is 1. The van der Waals surface area contributed by atoms with Crippen molar-refractivity contribution in [2.45, 2.75) is 40.0 Å². The fourth-order valence-electron chi connectivity index (χ4n) is 3.26. The number of benzene rings is 1. The highest BCUT2D eigenvalue weighted by Gasteiger charge is 2.18. The fourth-order valence-corrected chi connectivity index (χ4v) is 3.26. The van der Waals surface area contributed by atoms with Crippen molar-refractivity contribution in [2.75, 3.05) is 13.7 Å². The van der Waals surface area contributed by atoms with Crippen molar-refractivity contribution < 1.29 is 13.9 Å². The van der Waals surface area contributed by atoms with Gasteiger partial charge in [0.2, 0.25) is 0 Å². The lowest BCUT2D eigenvalue weighted by molar-refractivity contribution is 0.182. The highest BCUT2D eigenvalue weighted by molar-refractivity contribution is 5.74. The van der Waals surface area contributed by atoms with E-state index >= 15 is 0 Å². The van der Waals surface area contributed by atoms with Crippen molar-refractivity contribution in [1.82, 2.24) is 20.0 Å². The van der Waals surface area contributed by atoms with Gasteiger partial charge in [0.05, 0.1) is 31.7 Å². The van der Waals surface area contributed by atoms with Crippen molar-refractivity contribution in [3.8, 4) is 0 Å². The summed E-state index contributed by atoms with van der Waals surface area (Å²) in [6, 6.07) is 13.5. The SMILES string of the molecule is COCCn1nc(C)c(CNC(=O)N(Cc2ccccc2)Cc2ccco2)c1C. The first-order chi connectivity index (χ1) is 14.1. The second kappa shape index (κ2) is 9.93. The molecule has 7 heteroatoms. The predicted octanol–water partition coefficient (Wildman–Crippen LogP) is 3.65. The number of hydrogen-bond donors (Lipinski definition) is 1. The lowest BCUT2D eigenvalue weighted by Gasteiger charge is -2.22. The molecule has 1 aromatic carbocycles. The monoisotopic (exact) mass is 396 g/mol. The summed E-state index contributed by atoms with van der Waals surface area (Å²) in [5, 5.41) is 7.60. The maximum absolute atomic E-state index is 13.0. The minimum absolute atomic E-state index is 0.145. The minimum atomic E-state index is -0.145. The van der Waals surface area contributed by atoms with Gasteiger partial charge in [-0.1, -0.05) is 30.3 Å². The Bertz CT molecular complexity index is 904. The Morgan fingerprint density at radius 3 is 2.66 bits per heavy atom. The van der Waals surface area contributed by atoms with Crippen LogP contribution in [0.1, 0.15) is 28.3 Å². The minimum Gasteiger partial charge on any atom is -0.467 e. The number of hydrogen-bond acceptors (Lipinski definition) is 4. The second-order valence-electron chi connectivity index (χ2n) is 6.95. The van der Waals surface area contributed by atoms with Gasteiger partial charge in [-0.15, -0.1) is 0 Å². The highest BCUT2D eigenvalue weighted by atomic mass is 16.5. The van der Waals surface area contributed by atoms with E-state index in [1.54, 1.807) is 18.3 Å². The molecule has 29 heavy (non-hydrogen) atoms. The van der Waals surface area contributed by atoms with Crippen LogP contribution in [0.2, 0.25) is 0 Å². The lowest BCUT2D eigenvalue weighted by Crippen LogP contribution is -2.38. The van der Waals surface area contributed by atoms with E-state index in [9.17, 15) is 4.79 Å². The molecule has 0 unspecified atom stereocenters. The summed E-state index contributed by atoms with van der Waals surface area (Å²) in [6.45, 7) is 6.59. The smallest absolute Gasteiger partial charge is 0.318 e. The van der Waals surface area contributed by atoms with Crippen molar-refractivity contribution >= 4 is 6.03 Å². The number of furan rings is 1. The molecule has 0 radical (unpaired) electrons. The number of rotatable bonds is 9. The van der Waals surface area contributed by atoms with Crippen LogP contribution in [0.25, 0.3) is 0 Å². The Labute approximate surface area is 171 Å². The van der Waals surface area contributed by atoms with E-state index in [4.69, 9.17) is 9.15 Å². The summed E-state index contributed by atoms with van der Waals surface area (Å²) in [5.41, 5.74) is 4.06. The summed E-state index contributed by atoms with van der Waals surface area (Å²) in [7, 11) is 1.67. The first kappa shape index (κ1) is 20.7. The molecule has 0 aliphatic carbocycles. The third-order valence-corrected chi connectivity index (χ3v) is 4.89. The quantitative estimate of drug-likeness (QED) is 0.599. The van der Waals surface area contributed by atoms with E-state index in [1.165, 1.54) is 0 Å². The Kier molecular flexibility index (Phi) is 7.08. The molecule has 3 rings (SSSR count). The van der Waals surface area contributed by atoms with Gasteiger partial charge in [-0.3, -0.25) is 4.68 Å². The van der Waals surface area contributed by atoms with Crippen LogP contribution in [0.4, 0.5) is 4.79 Å². The van der Waals surface area contributed by atoms with E-state index in [-0.39, 0.29) is 6.03 Å². The van der Waals surface area contributed by atoms with Gasteiger partial charge < -0.3 is 19.4 Å². The van der Waals surface area contributed by atoms with Crippen molar-refractivity contribution in [1.29, 1.82) is 0 Å². The zero-order valence-corrected chi connectivity index (χ0v) is 17.2. The molecule has 0 fully saturated rings. The van der Waals surface area contributed by atoms with Gasteiger partial charge >= 0.3 is 6.03 Å². The third kappa shape index (κ3) is 5.48. The number of carbonyl (C=O) groups excluding carboxylic acids is 1. The average Bonchev–Trinajstić information content (AvgIpc) is 3.33. The Hall–Kier alpha value is -3.06. The number of carbonyl (C=O) groups is 1. The fraction of sp³-hybridized carbons (Fsp3) is 0.364. The van der Waals surface area contributed by atoms with E-state index in [1.807, 2.05) is 61.0 Å². The zero-order valence-electron chi connectivity index (χ0n) is 17.2. The van der Waals surface area contributed by atoms with Gasteiger partial charge in [-0.25, -0.2) is 4.79 Å². The molecule has 0 aliphatic rings. The Morgan fingerprint density at radius 2 is 1.97 bits per heavy atom. The number of amides is 2. The van der Waals surface area contributed by atoms with E-state index in [0.29, 0.717) is 32.8 Å². The van der Waals surface area contributed by atoms with E-state index in [2.05, 4.69) is 10.4 Å². The first-order valence-electron chi connectivity index (χ1n) is 9.69. The van der Waals surface area contributed by atoms with Crippen LogP contribution in [-0.2, 0) is 30.9 Å². The first-order valence-corrected chi connectivity index (χ1v) is 9.69. The molecule has 2 aromatic heterocycles. The molecule has 2 heterocycles. The van der Waals surface area contributed by atoms with E-state index in [0.717, 1.165) is 28.3 Å². The Morgan fingerprint density at radius 1 is 1.17 bits per heavy atom. The lowest BCUT2D eigenvalue weighted by atomic mass is 10.2. The van der Waals surface area contributed by atoms with Gasteiger partial charge in [-0.2, -0.15) is 5.10 Å². The average molecular weight is 396 g/mol. The Balaban J connectivity index is 1.69. The van der Waals surface area contributed by atoms with Crippen molar-refractivity contribution in [3.05, 3.63) is 77.0 Å². The standard InChI is InChI=1S/C22H28N4O3/c1-17-21(18(2)26(24-17)11-13-28-3)14-23-22(27)25(16-20-10-7-12-29-20)15-19-8-5-4-6-9-19/h4-10,12H,11,13-16H2,1-3H3,(H,23,27). The molecular formula is C22H28N4O3. The molecule has 0 spiro atoms. The third-order valence-electron chi connectivity index (χ3n) is 4.89. The number of methoxy groups -OCH3 is 1. The molecule has 2 amide bonds. The molecule has 1 N–H and O–H groups in total. The molecule has 3 aromatic rings. The van der Waals surface area contributed by atoms with Crippen molar-refractivity contribution in [2.24, 2.45) is 0 Å². The maximum Gasteiger partial charge on any atom is 0.318 e. The number of urea groups is 1. The molecule has 0 atom stereocenters. The van der Waals surface area contributed by atoms with Crippen molar-refractivity contribution in [3.63, 3.8) is 0 Å². The number of ether oxygens (including phenoxy) is 1. The van der Waals surface area contributed by atoms with Crippen LogP contribution in [0.5, 0.6) is 0 Å². The summed E-state index contributed by atoms with van der Waals surface area (Å²) < 4.78 is 12.5. The summed E-state index contributed by atoms with van der Waals surface area (Å²) in [5.74, 6) is 0.746. The van der Waals surface area contributed by atoms with Gasteiger partial charge in [-0.05, 0) is 31.5 Å². The number of nitrogens with zero attached hydrogens (tertiary/aromatic N) is 3. The van der Waals surface area contributed by atoms with Crippen LogP contribution in [-0.4, -0.2) is 34.4 Å². The van der Waals surface area contributed by atoms with Gasteiger partial charge in [0.25, 0.3) is 0 Å². The molecule has 0 saturated heterocycles.